The molecule has 0 saturated heterocycles. The first-order valence-corrected chi connectivity index (χ1v) is 7.47. The van der Waals surface area contributed by atoms with Gasteiger partial charge in [-0.15, -0.1) is 0 Å². The molecule has 16 heavy (non-hydrogen) atoms. The van der Waals surface area contributed by atoms with Crippen LogP contribution < -0.4 is 11.1 Å². The Morgan fingerprint density at radius 1 is 1.38 bits per heavy atom. The molecule has 0 aliphatic carbocycles. The third kappa shape index (κ3) is 8.67. The quantitative estimate of drug-likeness (QED) is 0.661. The summed E-state index contributed by atoms with van der Waals surface area (Å²) >= 11 is 0. The van der Waals surface area contributed by atoms with Crippen LogP contribution in [0.1, 0.15) is 26.7 Å². The Hall–Kier alpha value is -0.620. The molecule has 0 spiro atoms. The highest BCUT2D eigenvalue weighted by atomic mass is 32.2. The van der Waals surface area contributed by atoms with Crippen LogP contribution in [-0.4, -0.2) is 38.9 Å². The molecule has 1 amide bonds. The first kappa shape index (κ1) is 15.4. The Balaban J connectivity index is 4.01. The molecule has 5 nitrogen and oxygen atoms in total. The van der Waals surface area contributed by atoms with Crippen LogP contribution >= 0.6 is 0 Å². The summed E-state index contributed by atoms with van der Waals surface area (Å²) in [5.74, 6) is 0.0860. The van der Waals surface area contributed by atoms with E-state index in [4.69, 9.17) is 5.73 Å². The van der Waals surface area contributed by atoms with Crippen LogP contribution in [-0.2, 0) is 14.6 Å². The maximum Gasteiger partial charge on any atom is 0.221 e. The van der Waals surface area contributed by atoms with Crippen molar-refractivity contribution >= 4 is 15.7 Å². The molecule has 96 valence electrons. The lowest BCUT2D eigenvalue weighted by Gasteiger charge is -2.18. The first-order chi connectivity index (χ1) is 7.24. The zero-order chi connectivity index (χ0) is 12.8. The van der Waals surface area contributed by atoms with E-state index in [0.717, 1.165) is 12.7 Å². The third-order valence-corrected chi connectivity index (χ3v) is 3.05. The molecule has 0 aliphatic heterocycles. The molecule has 0 heterocycles. The molecular weight excluding hydrogens is 228 g/mol. The van der Waals surface area contributed by atoms with Crippen molar-refractivity contribution in [3.05, 3.63) is 0 Å². The van der Waals surface area contributed by atoms with E-state index >= 15 is 0 Å². The van der Waals surface area contributed by atoms with Gasteiger partial charge in [-0.2, -0.15) is 0 Å². The summed E-state index contributed by atoms with van der Waals surface area (Å²) in [5, 5.41) is 2.74. The van der Waals surface area contributed by atoms with Crippen LogP contribution in [0.2, 0.25) is 0 Å². The molecule has 3 N–H and O–H groups in total. The second-order valence-electron chi connectivity index (χ2n) is 4.51. The Morgan fingerprint density at radius 3 is 2.31 bits per heavy atom. The molecule has 0 aromatic rings. The summed E-state index contributed by atoms with van der Waals surface area (Å²) in [6.45, 7) is 4.47. The molecular formula is C10H22N2O3S. The van der Waals surface area contributed by atoms with Crippen molar-refractivity contribution in [2.24, 2.45) is 11.7 Å². The Kier molecular flexibility index (Phi) is 6.59. The van der Waals surface area contributed by atoms with Crippen LogP contribution in [0.3, 0.4) is 0 Å². The minimum Gasteiger partial charge on any atom is -0.352 e. The second-order valence-corrected chi connectivity index (χ2v) is 6.77. The highest BCUT2D eigenvalue weighted by molar-refractivity contribution is 7.90. The number of rotatable bonds is 7. The maximum absolute atomic E-state index is 11.4. The topological polar surface area (TPSA) is 89.3 Å². The van der Waals surface area contributed by atoms with E-state index in [9.17, 15) is 13.2 Å². The van der Waals surface area contributed by atoms with Gasteiger partial charge in [0.15, 0.2) is 0 Å². The summed E-state index contributed by atoms with van der Waals surface area (Å²) in [7, 11) is -3.08. The smallest absolute Gasteiger partial charge is 0.221 e. The summed E-state index contributed by atoms with van der Waals surface area (Å²) in [4.78, 5) is 11.4. The van der Waals surface area contributed by atoms with Crippen LogP contribution in [0.15, 0.2) is 0 Å². The largest absolute Gasteiger partial charge is 0.352 e. The molecule has 0 rings (SSSR count). The van der Waals surface area contributed by atoms with Crippen LogP contribution in [0.25, 0.3) is 0 Å². The van der Waals surface area contributed by atoms with Gasteiger partial charge in [-0.3, -0.25) is 4.79 Å². The van der Waals surface area contributed by atoms with E-state index in [-0.39, 0.29) is 24.1 Å². The molecule has 6 heteroatoms. The highest BCUT2D eigenvalue weighted by Gasteiger charge is 2.13. The van der Waals surface area contributed by atoms with Crippen LogP contribution in [0.5, 0.6) is 0 Å². The van der Waals surface area contributed by atoms with Gasteiger partial charge < -0.3 is 11.1 Å². The van der Waals surface area contributed by atoms with Gasteiger partial charge in [-0.05, 0) is 12.3 Å². The zero-order valence-electron chi connectivity index (χ0n) is 10.2. The van der Waals surface area contributed by atoms with Gasteiger partial charge in [-0.25, -0.2) is 8.42 Å². The van der Waals surface area contributed by atoms with Gasteiger partial charge in [-0.1, -0.05) is 13.8 Å². The van der Waals surface area contributed by atoms with Crippen molar-refractivity contribution in [1.29, 1.82) is 0 Å². The fourth-order valence-corrected chi connectivity index (χ4v) is 1.92. The van der Waals surface area contributed by atoms with Crippen LogP contribution in [0.4, 0.5) is 0 Å². The lowest BCUT2D eigenvalue weighted by molar-refractivity contribution is -0.121. The molecule has 0 aromatic carbocycles. The van der Waals surface area contributed by atoms with Crippen LogP contribution in [0, 0.1) is 5.92 Å². The second kappa shape index (κ2) is 6.85. The number of hydrogen-bond donors (Lipinski definition) is 2. The normalized spacial score (nSPS) is 13.8. The number of carbonyl (C=O) groups excluding carboxylic acids is 1. The number of nitrogens with one attached hydrogen (secondary N) is 1. The monoisotopic (exact) mass is 250 g/mol. The molecule has 0 fully saturated rings. The lowest BCUT2D eigenvalue weighted by atomic mass is 10.0. The first-order valence-electron chi connectivity index (χ1n) is 5.41. The summed E-state index contributed by atoms with van der Waals surface area (Å²) in [5.41, 5.74) is 5.52. The molecule has 1 atom stereocenters. The van der Waals surface area contributed by atoms with Crippen molar-refractivity contribution in [2.75, 3.05) is 18.6 Å². The number of nitrogens with two attached hydrogens (primary N) is 1. The van der Waals surface area contributed by atoms with E-state index in [1.807, 2.05) is 13.8 Å². The minimum atomic E-state index is -3.08. The lowest BCUT2D eigenvalue weighted by Crippen LogP contribution is -2.41. The molecule has 0 aliphatic rings. The number of amides is 1. The summed E-state index contributed by atoms with van der Waals surface area (Å²) < 4.78 is 21.7. The number of carbonyl (C=O) groups is 1. The third-order valence-electron chi connectivity index (χ3n) is 2.11. The van der Waals surface area contributed by atoms with E-state index in [0.29, 0.717) is 12.5 Å². The van der Waals surface area contributed by atoms with Gasteiger partial charge in [0, 0.05) is 25.3 Å². The number of sulfone groups is 1. The molecule has 0 bridgehead atoms. The van der Waals surface area contributed by atoms with E-state index in [1.54, 1.807) is 0 Å². The standard InChI is InChI=1S/C10H22N2O3S/c1-8(2)6-9(7-11)12-10(13)4-5-16(3,14)15/h8-9H,4-7,11H2,1-3H3,(H,12,13). The van der Waals surface area contributed by atoms with Crippen molar-refractivity contribution in [3.63, 3.8) is 0 Å². The molecule has 1 unspecified atom stereocenters. The molecule has 0 aromatic heterocycles. The summed E-state index contributed by atoms with van der Waals surface area (Å²) in [6, 6.07) is -0.0629. The van der Waals surface area contributed by atoms with E-state index in [2.05, 4.69) is 5.32 Å². The van der Waals surface area contributed by atoms with Gasteiger partial charge in [0.2, 0.25) is 5.91 Å². The Bertz CT molecular complexity index is 312. The number of hydrogen-bond acceptors (Lipinski definition) is 4. The van der Waals surface area contributed by atoms with Gasteiger partial charge in [0.05, 0.1) is 5.75 Å². The van der Waals surface area contributed by atoms with Crippen molar-refractivity contribution < 1.29 is 13.2 Å². The minimum absolute atomic E-state index is 0.00737. The van der Waals surface area contributed by atoms with Crippen molar-refractivity contribution in [1.82, 2.24) is 5.32 Å². The fourth-order valence-electron chi connectivity index (χ4n) is 1.36. The average molecular weight is 250 g/mol. The van der Waals surface area contributed by atoms with Gasteiger partial charge in [0.1, 0.15) is 9.84 Å². The Labute approximate surface area is 97.7 Å². The average Bonchev–Trinajstić information content (AvgIpc) is 2.12. The van der Waals surface area contributed by atoms with Gasteiger partial charge in [0.25, 0.3) is 0 Å². The molecule has 0 radical (unpaired) electrons. The fraction of sp³-hybridized carbons (Fsp3) is 0.900. The van der Waals surface area contributed by atoms with E-state index < -0.39 is 9.84 Å². The highest BCUT2D eigenvalue weighted by Crippen LogP contribution is 2.03. The predicted molar refractivity (Wildman–Crippen MR) is 64.8 cm³/mol. The predicted octanol–water partition coefficient (Wildman–Crippen LogP) is -0.0893. The van der Waals surface area contributed by atoms with E-state index in [1.165, 1.54) is 0 Å². The zero-order valence-corrected chi connectivity index (χ0v) is 11.0. The van der Waals surface area contributed by atoms with Crippen molar-refractivity contribution in [2.45, 2.75) is 32.7 Å². The van der Waals surface area contributed by atoms with Gasteiger partial charge >= 0.3 is 0 Å². The Morgan fingerprint density at radius 2 is 1.94 bits per heavy atom. The summed E-state index contributed by atoms with van der Waals surface area (Å²) in [6.07, 6.45) is 1.93. The SMILES string of the molecule is CC(C)CC(CN)NC(=O)CCS(C)(=O)=O. The molecule has 0 saturated carbocycles. The van der Waals surface area contributed by atoms with Crippen molar-refractivity contribution in [3.8, 4) is 0 Å². The maximum atomic E-state index is 11.4.